The van der Waals surface area contributed by atoms with Crippen LogP contribution in [0, 0.1) is 5.92 Å². The molecule has 170 valence electrons. The first kappa shape index (κ1) is 23.3. The van der Waals surface area contributed by atoms with Gasteiger partial charge in [-0.25, -0.2) is 0 Å². The number of nitrogens with zero attached hydrogens (tertiary/aromatic N) is 1. The van der Waals surface area contributed by atoms with Crippen molar-refractivity contribution in [1.82, 2.24) is 5.32 Å². The van der Waals surface area contributed by atoms with Crippen LogP contribution in [-0.4, -0.2) is 30.9 Å². The summed E-state index contributed by atoms with van der Waals surface area (Å²) in [7, 11) is 0. The Morgan fingerprint density at radius 3 is 2.56 bits per heavy atom. The molecule has 0 aromatic heterocycles. The molecule has 1 atom stereocenters. The van der Waals surface area contributed by atoms with Crippen LogP contribution in [0.1, 0.15) is 62.5 Å². The predicted octanol–water partition coefficient (Wildman–Crippen LogP) is 4.30. The number of carbonyl (C=O) groups is 3. The highest BCUT2D eigenvalue weighted by Gasteiger charge is 2.23. The smallest absolute Gasteiger partial charge is 0.255 e. The van der Waals surface area contributed by atoms with Crippen LogP contribution >= 0.6 is 0 Å². The molecule has 7 heteroatoms. The summed E-state index contributed by atoms with van der Waals surface area (Å²) in [6.45, 7) is 8.50. The van der Waals surface area contributed by atoms with Crippen molar-refractivity contribution >= 4 is 29.1 Å². The van der Waals surface area contributed by atoms with E-state index < -0.39 is 0 Å². The van der Waals surface area contributed by atoms with E-state index in [4.69, 9.17) is 4.74 Å². The van der Waals surface area contributed by atoms with E-state index in [-0.39, 0.29) is 29.7 Å². The first-order valence-corrected chi connectivity index (χ1v) is 11.1. The molecular weight excluding hydrogens is 406 g/mol. The maximum absolute atomic E-state index is 13.1. The molecule has 1 saturated heterocycles. The molecule has 32 heavy (non-hydrogen) atoms. The lowest BCUT2D eigenvalue weighted by atomic mass is 10.1. The van der Waals surface area contributed by atoms with Crippen LogP contribution in [0.4, 0.5) is 11.4 Å². The van der Waals surface area contributed by atoms with Gasteiger partial charge in [0.2, 0.25) is 11.8 Å². The van der Waals surface area contributed by atoms with E-state index >= 15 is 0 Å². The van der Waals surface area contributed by atoms with Gasteiger partial charge in [0, 0.05) is 30.3 Å². The summed E-state index contributed by atoms with van der Waals surface area (Å²) in [5.41, 5.74) is 2.64. The minimum Gasteiger partial charge on any atom is -0.493 e. The minimum absolute atomic E-state index is 0.123. The topological polar surface area (TPSA) is 87.7 Å². The van der Waals surface area contributed by atoms with E-state index in [2.05, 4.69) is 10.6 Å². The highest BCUT2D eigenvalue weighted by Crippen LogP contribution is 2.27. The second-order valence-corrected chi connectivity index (χ2v) is 8.23. The van der Waals surface area contributed by atoms with Gasteiger partial charge in [0.05, 0.1) is 18.2 Å². The summed E-state index contributed by atoms with van der Waals surface area (Å²) in [4.78, 5) is 39.0. The number of amides is 3. The molecular formula is C25H31N3O4. The Bertz CT molecular complexity index is 1000. The average molecular weight is 438 g/mol. The summed E-state index contributed by atoms with van der Waals surface area (Å²) in [5, 5.41) is 5.83. The normalized spacial score (nSPS) is 14.4. The van der Waals surface area contributed by atoms with Gasteiger partial charge in [-0.1, -0.05) is 26.0 Å². The van der Waals surface area contributed by atoms with Crippen molar-refractivity contribution in [3.63, 3.8) is 0 Å². The van der Waals surface area contributed by atoms with Crippen LogP contribution in [0.5, 0.6) is 5.75 Å². The maximum Gasteiger partial charge on any atom is 0.255 e. The molecule has 3 amide bonds. The fourth-order valence-corrected chi connectivity index (χ4v) is 3.59. The third kappa shape index (κ3) is 5.46. The molecule has 1 aliphatic heterocycles. The molecule has 2 N–H and O–H groups in total. The van der Waals surface area contributed by atoms with Crippen molar-refractivity contribution in [3.8, 4) is 5.75 Å². The quantitative estimate of drug-likeness (QED) is 0.645. The summed E-state index contributed by atoms with van der Waals surface area (Å²) >= 11 is 0. The van der Waals surface area contributed by atoms with Gasteiger partial charge >= 0.3 is 0 Å². The van der Waals surface area contributed by atoms with Gasteiger partial charge < -0.3 is 20.3 Å². The number of anilines is 2. The van der Waals surface area contributed by atoms with Gasteiger partial charge in [0.1, 0.15) is 5.75 Å². The Hall–Kier alpha value is -3.35. The van der Waals surface area contributed by atoms with Gasteiger partial charge in [-0.15, -0.1) is 0 Å². The van der Waals surface area contributed by atoms with Crippen LogP contribution in [0.15, 0.2) is 42.5 Å². The van der Waals surface area contributed by atoms with Crippen molar-refractivity contribution in [2.45, 2.75) is 46.6 Å². The monoisotopic (exact) mass is 437 g/mol. The second kappa shape index (κ2) is 10.3. The number of hydrogen-bond donors (Lipinski definition) is 2. The largest absolute Gasteiger partial charge is 0.493 e. The number of rotatable bonds is 8. The van der Waals surface area contributed by atoms with E-state index in [1.165, 1.54) is 0 Å². The summed E-state index contributed by atoms with van der Waals surface area (Å²) in [5.74, 6) is -0.0170. The van der Waals surface area contributed by atoms with E-state index in [1.807, 2.05) is 52.0 Å². The number of carbonyl (C=O) groups excluding carboxylic acids is 3. The Morgan fingerprint density at radius 1 is 1.12 bits per heavy atom. The number of ether oxygens (including phenoxy) is 1. The van der Waals surface area contributed by atoms with Gasteiger partial charge in [0.25, 0.3) is 5.91 Å². The molecule has 7 nitrogen and oxygen atoms in total. The zero-order valence-corrected chi connectivity index (χ0v) is 19.1. The van der Waals surface area contributed by atoms with Crippen LogP contribution in [-0.2, 0) is 9.59 Å². The molecule has 2 aromatic rings. The number of nitrogens with one attached hydrogen (secondary N) is 2. The van der Waals surface area contributed by atoms with E-state index in [0.717, 1.165) is 24.2 Å². The van der Waals surface area contributed by atoms with Crippen molar-refractivity contribution in [1.29, 1.82) is 0 Å². The van der Waals surface area contributed by atoms with Crippen LogP contribution in [0.25, 0.3) is 0 Å². The summed E-state index contributed by atoms with van der Waals surface area (Å²) < 4.78 is 5.63. The van der Waals surface area contributed by atoms with Crippen molar-refractivity contribution < 1.29 is 19.1 Å². The van der Waals surface area contributed by atoms with Crippen LogP contribution < -0.4 is 20.3 Å². The molecule has 0 aliphatic carbocycles. The minimum atomic E-state index is -0.302. The molecule has 0 saturated carbocycles. The van der Waals surface area contributed by atoms with Gasteiger partial charge in [0.15, 0.2) is 0 Å². The van der Waals surface area contributed by atoms with Crippen molar-refractivity contribution in [3.05, 3.63) is 53.6 Å². The Balaban J connectivity index is 1.79. The van der Waals surface area contributed by atoms with E-state index in [9.17, 15) is 14.4 Å². The summed E-state index contributed by atoms with van der Waals surface area (Å²) in [6, 6.07) is 12.4. The molecule has 2 aromatic carbocycles. The molecule has 0 radical (unpaired) electrons. The molecule has 1 fully saturated rings. The third-order valence-electron chi connectivity index (χ3n) is 5.42. The molecule has 1 unspecified atom stereocenters. The van der Waals surface area contributed by atoms with Crippen molar-refractivity contribution in [2.24, 2.45) is 5.92 Å². The Labute approximate surface area is 189 Å². The van der Waals surface area contributed by atoms with Gasteiger partial charge in [-0.05, 0) is 56.2 Å². The molecule has 1 aliphatic rings. The molecule has 0 spiro atoms. The maximum atomic E-state index is 13.1. The van der Waals surface area contributed by atoms with Crippen LogP contribution in [0.3, 0.4) is 0 Å². The molecule has 1 heterocycles. The predicted molar refractivity (Wildman–Crippen MR) is 125 cm³/mol. The number of benzene rings is 2. The fourth-order valence-electron chi connectivity index (χ4n) is 3.59. The third-order valence-corrected chi connectivity index (χ3v) is 5.42. The summed E-state index contributed by atoms with van der Waals surface area (Å²) in [6.07, 6.45) is 1.43. The van der Waals surface area contributed by atoms with Crippen LogP contribution in [0.2, 0.25) is 0 Å². The Morgan fingerprint density at radius 2 is 1.91 bits per heavy atom. The SMILES string of the molecule is CCOc1ccc(NC(=O)C(C)C)cc1C(=O)NC(C)c1cccc(N2CCCC2=O)c1. The Kier molecular flexibility index (Phi) is 7.51. The molecule has 0 bridgehead atoms. The zero-order valence-electron chi connectivity index (χ0n) is 19.1. The first-order chi connectivity index (χ1) is 15.3. The lowest BCUT2D eigenvalue weighted by Crippen LogP contribution is -2.28. The van der Waals surface area contributed by atoms with Gasteiger partial charge in [-0.2, -0.15) is 0 Å². The molecule has 3 rings (SSSR count). The average Bonchev–Trinajstić information content (AvgIpc) is 3.20. The standard InChI is InChI=1S/C25H31N3O4/c1-5-32-22-12-11-19(27-24(30)16(2)3)15-21(22)25(31)26-17(4)18-8-6-9-20(14-18)28-13-7-10-23(28)29/h6,8-9,11-12,14-17H,5,7,10,13H2,1-4H3,(H,26,31)(H,27,30). The fraction of sp³-hybridized carbons (Fsp3) is 0.400. The zero-order chi connectivity index (χ0) is 23.3. The highest BCUT2D eigenvalue weighted by atomic mass is 16.5. The second-order valence-electron chi connectivity index (χ2n) is 8.23. The lowest BCUT2D eigenvalue weighted by molar-refractivity contribution is -0.119. The van der Waals surface area contributed by atoms with Gasteiger partial charge in [-0.3, -0.25) is 14.4 Å². The first-order valence-electron chi connectivity index (χ1n) is 11.1. The number of hydrogen-bond acceptors (Lipinski definition) is 4. The van der Waals surface area contributed by atoms with E-state index in [0.29, 0.717) is 30.0 Å². The van der Waals surface area contributed by atoms with Crippen molar-refractivity contribution in [2.75, 3.05) is 23.4 Å². The van der Waals surface area contributed by atoms with E-state index in [1.54, 1.807) is 23.1 Å². The lowest BCUT2D eigenvalue weighted by Gasteiger charge is -2.20. The highest BCUT2D eigenvalue weighted by molar-refractivity contribution is 6.00.